The fourth-order valence-electron chi connectivity index (χ4n) is 2.34. The summed E-state index contributed by atoms with van der Waals surface area (Å²) in [7, 11) is 0. The van der Waals surface area contributed by atoms with Crippen molar-refractivity contribution in [2.45, 2.75) is 19.3 Å². The zero-order valence-electron chi connectivity index (χ0n) is 12.7. The Labute approximate surface area is 129 Å². The molecule has 1 aliphatic rings. The zero-order chi connectivity index (χ0) is 15.2. The third-order valence-corrected chi connectivity index (χ3v) is 3.52. The van der Waals surface area contributed by atoms with Crippen LogP contribution in [0.25, 0.3) is 11.5 Å². The van der Waals surface area contributed by atoms with Crippen LogP contribution in [0.3, 0.4) is 0 Å². The molecule has 22 heavy (non-hydrogen) atoms. The number of ether oxygens (including phenoxy) is 3. The molecule has 118 valence electrons. The fourth-order valence-corrected chi connectivity index (χ4v) is 2.34. The van der Waals surface area contributed by atoms with Crippen LogP contribution < -0.4 is 4.74 Å². The molecule has 1 aromatic carbocycles. The molecule has 0 N–H and O–H groups in total. The van der Waals surface area contributed by atoms with Crippen LogP contribution in [-0.2, 0) is 9.47 Å². The van der Waals surface area contributed by atoms with Gasteiger partial charge in [-0.1, -0.05) is 11.2 Å². The molecule has 1 atom stereocenters. The van der Waals surface area contributed by atoms with Gasteiger partial charge in [0, 0.05) is 24.7 Å². The first-order valence-electron chi connectivity index (χ1n) is 7.59. The lowest BCUT2D eigenvalue weighted by atomic mass is 10.1. The van der Waals surface area contributed by atoms with Crippen molar-refractivity contribution in [1.82, 2.24) is 10.1 Å². The molecule has 0 amide bonds. The van der Waals surface area contributed by atoms with Crippen molar-refractivity contribution in [3.05, 3.63) is 30.1 Å². The maximum Gasteiger partial charge on any atom is 0.258 e. The van der Waals surface area contributed by atoms with Crippen molar-refractivity contribution >= 4 is 0 Å². The Morgan fingerprint density at radius 3 is 3.09 bits per heavy atom. The van der Waals surface area contributed by atoms with Gasteiger partial charge in [-0.2, -0.15) is 4.98 Å². The number of rotatable bonds is 7. The van der Waals surface area contributed by atoms with Crippen LogP contribution in [0.2, 0.25) is 0 Å². The fraction of sp³-hybridized carbons (Fsp3) is 0.500. The average Bonchev–Trinajstić information content (AvgIpc) is 3.22. The lowest BCUT2D eigenvalue weighted by molar-refractivity contribution is 0.110. The van der Waals surface area contributed by atoms with Crippen molar-refractivity contribution in [3.8, 4) is 17.2 Å². The van der Waals surface area contributed by atoms with E-state index in [1.165, 1.54) is 0 Å². The van der Waals surface area contributed by atoms with Crippen molar-refractivity contribution in [2.24, 2.45) is 0 Å². The largest absolute Gasteiger partial charge is 0.491 e. The molecule has 1 aliphatic heterocycles. The third-order valence-electron chi connectivity index (χ3n) is 3.52. The quantitative estimate of drug-likeness (QED) is 0.733. The first kappa shape index (κ1) is 15.0. The van der Waals surface area contributed by atoms with E-state index in [0.29, 0.717) is 32.3 Å². The Morgan fingerprint density at radius 2 is 2.27 bits per heavy atom. The molecule has 6 heteroatoms. The maximum absolute atomic E-state index is 5.64. The van der Waals surface area contributed by atoms with E-state index in [1.54, 1.807) is 0 Å². The highest BCUT2D eigenvalue weighted by atomic mass is 16.5. The summed E-state index contributed by atoms with van der Waals surface area (Å²) in [6.45, 7) is 5.18. The summed E-state index contributed by atoms with van der Waals surface area (Å²) in [5.41, 5.74) is 0.853. The van der Waals surface area contributed by atoms with E-state index in [0.717, 1.165) is 30.2 Å². The first-order chi connectivity index (χ1) is 10.9. The van der Waals surface area contributed by atoms with Crippen LogP contribution in [0.4, 0.5) is 0 Å². The molecular formula is C16H20N2O4. The topological polar surface area (TPSA) is 66.6 Å². The van der Waals surface area contributed by atoms with Crippen LogP contribution >= 0.6 is 0 Å². The van der Waals surface area contributed by atoms with Gasteiger partial charge in [0.2, 0.25) is 0 Å². The minimum atomic E-state index is 0.239. The van der Waals surface area contributed by atoms with Gasteiger partial charge in [-0.05, 0) is 31.5 Å². The van der Waals surface area contributed by atoms with Gasteiger partial charge in [0.25, 0.3) is 5.89 Å². The molecule has 1 fully saturated rings. The molecule has 3 rings (SSSR count). The molecule has 2 aromatic rings. The van der Waals surface area contributed by atoms with E-state index in [4.69, 9.17) is 18.7 Å². The van der Waals surface area contributed by atoms with Crippen LogP contribution in [0.1, 0.15) is 25.1 Å². The Morgan fingerprint density at radius 1 is 1.32 bits per heavy atom. The Balaban J connectivity index is 1.66. The predicted octanol–water partition coefficient (Wildman–Crippen LogP) is 2.66. The molecule has 0 saturated carbocycles. The summed E-state index contributed by atoms with van der Waals surface area (Å²) in [5.74, 6) is 2.23. The van der Waals surface area contributed by atoms with Crippen LogP contribution in [0.5, 0.6) is 5.75 Å². The lowest BCUT2D eigenvalue weighted by Gasteiger charge is -2.06. The van der Waals surface area contributed by atoms with E-state index in [9.17, 15) is 0 Å². The Bertz CT molecular complexity index is 593. The molecule has 1 saturated heterocycles. The van der Waals surface area contributed by atoms with Crippen molar-refractivity contribution in [1.29, 1.82) is 0 Å². The monoisotopic (exact) mass is 304 g/mol. The molecule has 1 aromatic heterocycles. The summed E-state index contributed by atoms with van der Waals surface area (Å²) in [6, 6.07) is 7.64. The zero-order valence-corrected chi connectivity index (χ0v) is 12.7. The Kier molecular flexibility index (Phi) is 5.03. The number of hydrogen-bond acceptors (Lipinski definition) is 6. The van der Waals surface area contributed by atoms with Crippen LogP contribution in [-0.4, -0.2) is 43.2 Å². The SMILES string of the molecule is CCOCCOc1cccc(-c2nc([C@@H]3CCOC3)no2)c1. The maximum atomic E-state index is 5.64. The van der Waals surface area contributed by atoms with Gasteiger partial charge in [0.15, 0.2) is 5.82 Å². The second-order valence-corrected chi connectivity index (χ2v) is 5.09. The summed E-state index contributed by atoms with van der Waals surface area (Å²) in [4.78, 5) is 4.48. The third kappa shape index (κ3) is 3.64. The van der Waals surface area contributed by atoms with Crippen molar-refractivity contribution < 1.29 is 18.7 Å². The number of aromatic nitrogens is 2. The Hall–Kier alpha value is -1.92. The van der Waals surface area contributed by atoms with Crippen LogP contribution in [0.15, 0.2) is 28.8 Å². The molecule has 0 unspecified atom stereocenters. The van der Waals surface area contributed by atoms with Gasteiger partial charge in [0.05, 0.1) is 13.2 Å². The number of benzene rings is 1. The summed E-state index contributed by atoms with van der Waals surface area (Å²) in [6.07, 6.45) is 0.944. The van der Waals surface area contributed by atoms with E-state index < -0.39 is 0 Å². The average molecular weight is 304 g/mol. The van der Waals surface area contributed by atoms with E-state index in [2.05, 4.69) is 10.1 Å². The smallest absolute Gasteiger partial charge is 0.258 e. The van der Waals surface area contributed by atoms with Gasteiger partial charge in [0.1, 0.15) is 12.4 Å². The summed E-state index contributed by atoms with van der Waals surface area (Å²) >= 11 is 0. The molecular weight excluding hydrogens is 284 g/mol. The summed E-state index contributed by atoms with van der Waals surface area (Å²) < 4.78 is 21.6. The normalized spacial score (nSPS) is 17.8. The first-order valence-corrected chi connectivity index (χ1v) is 7.59. The highest BCUT2D eigenvalue weighted by molar-refractivity contribution is 5.55. The molecule has 0 radical (unpaired) electrons. The van der Waals surface area contributed by atoms with Crippen LogP contribution in [0, 0.1) is 0 Å². The highest BCUT2D eigenvalue weighted by Crippen LogP contribution is 2.27. The van der Waals surface area contributed by atoms with E-state index in [1.807, 2.05) is 31.2 Å². The van der Waals surface area contributed by atoms with E-state index >= 15 is 0 Å². The second-order valence-electron chi connectivity index (χ2n) is 5.09. The standard InChI is InChI=1S/C16H20N2O4/c1-2-19-8-9-21-14-5-3-4-12(10-14)16-17-15(18-22-16)13-6-7-20-11-13/h3-5,10,13H,2,6-9,11H2,1H3/t13-/m1/s1. The highest BCUT2D eigenvalue weighted by Gasteiger charge is 2.23. The van der Waals surface area contributed by atoms with E-state index in [-0.39, 0.29) is 5.92 Å². The van der Waals surface area contributed by atoms with Crippen molar-refractivity contribution in [2.75, 3.05) is 33.0 Å². The predicted molar refractivity (Wildman–Crippen MR) is 79.9 cm³/mol. The minimum Gasteiger partial charge on any atom is -0.491 e. The van der Waals surface area contributed by atoms with Gasteiger partial charge in [-0.15, -0.1) is 0 Å². The molecule has 2 heterocycles. The molecule has 0 bridgehead atoms. The number of nitrogens with zero attached hydrogens (tertiary/aromatic N) is 2. The molecule has 0 aliphatic carbocycles. The van der Waals surface area contributed by atoms with Gasteiger partial charge in [-0.3, -0.25) is 0 Å². The van der Waals surface area contributed by atoms with Crippen molar-refractivity contribution in [3.63, 3.8) is 0 Å². The number of hydrogen-bond donors (Lipinski definition) is 0. The lowest BCUT2D eigenvalue weighted by Crippen LogP contribution is -2.06. The van der Waals surface area contributed by atoms with Gasteiger partial charge in [-0.25, -0.2) is 0 Å². The molecule has 0 spiro atoms. The van der Waals surface area contributed by atoms with Gasteiger partial charge < -0.3 is 18.7 Å². The minimum absolute atomic E-state index is 0.239. The molecule has 6 nitrogen and oxygen atoms in total. The van der Waals surface area contributed by atoms with Gasteiger partial charge >= 0.3 is 0 Å². The summed E-state index contributed by atoms with van der Waals surface area (Å²) in [5, 5.41) is 4.06. The second kappa shape index (κ2) is 7.38.